The topological polar surface area (TPSA) is 103 Å². The van der Waals surface area contributed by atoms with Gasteiger partial charge in [0.1, 0.15) is 17.5 Å². The smallest absolute Gasteiger partial charge is 0.243 e. The van der Waals surface area contributed by atoms with Crippen LogP contribution in [0.25, 0.3) is 0 Å². The minimum atomic E-state index is -0.831. The standard InChI is InChI=1S/C27H35N5O5/c1-3-37-22-9-7-20(8-10-22)29-25(33)18-24-27(35)28-11-12-32(24)26(34)19-30-13-15-31(16-14-30)21-5-4-6-23(17-21)36-2/h4-10,17,24H,3,11-16,18-19H2,1-2H3,(H,28,35)(H,29,33)/t24-/m1/s1. The molecule has 4 rings (SSSR count). The zero-order valence-corrected chi connectivity index (χ0v) is 21.4. The Balaban J connectivity index is 1.30. The first-order valence-electron chi connectivity index (χ1n) is 12.7. The van der Waals surface area contributed by atoms with Crippen LogP contribution in [0.1, 0.15) is 13.3 Å². The molecule has 2 N–H and O–H groups in total. The molecule has 0 radical (unpaired) electrons. The van der Waals surface area contributed by atoms with Crippen molar-refractivity contribution in [3.63, 3.8) is 0 Å². The molecular formula is C27H35N5O5. The first-order valence-corrected chi connectivity index (χ1v) is 12.7. The van der Waals surface area contributed by atoms with Gasteiger partial charge < -0.3 is 29.9 Å². The molecule has 10 nitrogen and oxygen atoms in total. The van der Waals surface area contributed by atoms with E-state index in [2.05, 4.69) is 26.5 Å². The van der Waals surface area contributed by atoms with Crippen molar-refractivity contribution in [2.24, 2.45) is 0 Å². The van der Waals surface area contributed by atoms with Crippen LogP contribution in [0.2, 0.25) is 0 Å². The number of benzene rings is 2. The minimum Gasteiger partial charge on any atom is -0.497 e. The van der Waals surface area contributed by atoms with Gasteiger partial charge in [-0.3, -0.25) is 19.3 Å². The van der Waals surface area contributed by atoms with Crippen molar-refractivity contribution in [2.45, 2.75) is 19.4 Å². The van der Waals surface area contributed by atoms with Crippen LogP contribution < -0.4 is 25.0 Å². The summed E-state index contributed by atoms with van der Waals surface area (Å²) < 4.78 is 10.7. The molecule has 2 aromatic rings. The van der Waals surface area contributed by atoms with Crippen LogP contribution in [0.4, 0.5) is 11.4 Å². The Morgan fingerprint density at radius 3 is 2.49 bits per heavy atom. The highest BCUT2D eigenvalue weighted by atomic mass is 16.5. The number of anilines is 2. The SMILES string of the molecule is CCOc1ccc(NC(=O)C[C@@H]2C(=O)NCCN2C(=O)CN2CCN(c3cccc(OC)c3)CC2)cc1. The van der Waals surface area contributed by atoms with Crippen LogP contribution in [0, 0.1) is 0 Å². The Morgan fingerprint density at radius 2 is 1.78 bits per heavy atom. The monoisotopic (exact) mass is 509 g/mol. The van der Waals surface area contributed by atoms with Gasteiger partial charge in [0.2, 0.25) is 17.7 Å². The molecule has 0 spiro atoms. The third kappa shape index (κ3) is 6.91. The summed E-state index contributed by atoms with van der Waals surface area (Å²) in [6.45, 7) is 6.48. The van der Waals surface area contributed by atoms with Crippen LogP contribution in [-0.2, 0) is 14.4 Å². The third-order valence-corrected chi connectivity index (χ3v) is 6.63. The molecule has 0 unspecified atom stereocenters. The zero-order chi connectivity index (χ0) is 26.2. The van der Waals surface area contributed by atoms with Crippen LogP contribution in [0.15, 0.2) is 48.5 Å². The van der Waals surface area contributed by atoms with Gasteiger partial charge in [0, 0.05) is 56.7 Å². The van der Waals surface area contributed by atoms with E-state index >= 15 is 0 Å². The lowest BCUT2D eigenvalue weighted by molar-refractivity contribution is -0.145. The second-order valence-electron chi connectivity index (χ2n) is 9.07. The quantitative estimate of drug-likeness (QED) is 0.529. The molecule has 2 heterocycles. The molecule has 1 atom stereocenters. The van der Waals surface area contributed by atoms with Gasteiger partial charge in [-0.25, -0.2) is 0 Å². The van der Waals surface area contributed by atoms with Crippen LogP contribution in [0.3, 0.4) is 0 Å². The summed E-state index contributed by atoms with van der Waals surface area (Å²) in [4.78, 5) is 44.5. The maximum Gasteiger partial charge on any atom is 0.243 e. The van der Waals surface area contributed by atoms with E-state index in [4.69, 9.17) is 9.47 Å². The van der Waals surface area contributed by atoms with Crippen molar-refractivity contribution < 1.29 is 23.9 Å². The lowest BCUT2D eigenvalue weighted by Crippen LogP contribution is -2.60. The predicted molar refractivity (Wildman–Crippen MR) is 141 cm³/mol. The number of hydrogen-bond donors (Lipinski definition) is 2. The Hall–Kier alpha value is -3.79. The Kier molecular flexibility index (Phi) is 8.84. The summed E-state index contributed by atoms with van der Waals surface area (Å²) in [7, 11) is 1.65. The number of piperazine rings is 2. The van der Waals surface area contributed by atoms with Crippen molar-refractivity contribution in [1.29, 1.82) is 0 Å². The fourth-order valence-electron chi connectivity index (χ4n) is 4.66. The van der Waals surface area contributed by atoms with Gasteiger partial charge in [0.05, 0.1) is 26.7 Å². The highest BCUT2D eigenvalue weighted by Crippen LogP contribution is 2.22. The molecule has 37 heavy (non-hydrogen) atoms. The van der Waals surface area contributed by atoms with Crippen LogP contribution >= 0.6 is 0 Å². The summed E-state index contributed by atoms with van der Waals surface area (Å²) >= 11 is 0. The van der Waals surface area contributed by atoms with E-state index in [1.54, 1.807) is 36.3 Å². The van der Waals surface area contributed by atoms with E-state index in [0.29, 0.717) is 31.1 Å². The molecule has 0 aromatic heterocycles. The molecule has 2 aliphatic rings. The lowest BCUT2D eigenvalue weighted by atomic mass is 10.1. The van der Waals surface area contributed by atoms with Gasteiger partial charge >= 0.3 is 0 Å². The molecule has 2 saturated heterocycles. The molecule has 0 bridgehead atoms. The highest BCUT2D eigenvalue weighted by molar-refractivity contribution is 5.97. The molecule has 0 saturated carbocycles. The fraction of sp³-hybridized carbons (Fsp3) is 0.444. The molecular weight excluding hydrogens is 474 g/mol. The Bertz CT molecular complexity index is 1080. The van der Waals surface area contributed by atoms with Gasteiger partial charge in [-0.1, -0.05) is 6.07 Å². The van der Waals surface area contributed by atoms with Gasteiger partial charge in [0.15, 0.2) is 0 Å². The average Bonchev–Trinajstić information content (AvgIpc) is 2.91. The number of nitrogens with one attached hydrogen (secondary N) is 2. The normalized spacial score (nSPS) is 18.2. The first kappa shape index (κ1) is 26.3. The van der Waals surface area contributed by atoms with Gasteiger partial charge in [-0.05, 0) is 43.3 Å². The predicted octanol–water partition coefficient (Wildman–Crippen LogP) is 1.57. The van der Waals surface area contributed by atoms with E-state index in [0.717, 1.165) is 37.6 Å². The number of hydrogen-bond acceptors (Lipinski definition) is 7. The van der Waals surface area contributed by atoms with E-state index in [1.807, 2.05) is 25.1 Å². The number of nitrogens with zero attached hydrogens (tertiary/aromatic N) is 3. The summed E-state index contributed by atoms with van der Waals surface area (Å²) in [5, 5.41) is 5.60. The molecule has 2 fully saturated rings. The number of ether oxygens (including phenoxy) is 2. The van der Waals surface area contributed by atoms with Gasteiger partial charge in [-0.2, -0.15) is 0 Å². The van der Waals surface area contributed by atoms with Crippen LogP contribution in [0.5, 0.6) is 11.5 Å². The summed E-state index contributed by atoms with van der Waals surface area (Å²) in [5.74, 6) is 0.771. The number of carbonyl (C=O) groups is 3. The van der Waals surface area contributed by atoms with E-state index in [-0.39, 0.29) is 30.7 Å². The maximum absolute atomic E-state index is 13.2. The molecule has 3 amide bonds. The largest absolute Gasteiger partial charge is 0.497 e. The second-order valence-corrected chi connectivity index (χ2v) is 9.07. The average molecular weight is 510 g/mol. The number of carbonyl (C=O) groups excluding carboxylic acids is 3. The van der Waals surface area contributed by atoms with Crippen molar-refractivity contribution in [2.75, 3.05) is 69.7 Å². The molecule has 2 aromatic carbocycles. The highest BCUT2D eigenvalue weighted by Gasteiger charge is 2.35. The van der Waals surface area contributed by atoms with E-state index < -0.39 is 6.04 Å². The Labute approximate surface area is 217 Å². The van der Waals surface area contributed by atoms with Crippen molar-refractivity contribution in [3.05, 3.63) is 48.5 Å². The van der Waals surface area contributed by atoms with E-state index in [1.165, 1.54) is 0 Å². The summed E-state index contributed by atoms with van der Waals surface area (Å²) in [6, 6.07) is 14.2. The van der Waals surface area contributed by atoms with E-state index in [9.17, 15) is 14.4 Å². The molecule has 2 aliphatic heterocycles. The molecule has 0 aliphatic carbocycles. The van der Waals surface area contributed by atoms with Crippen molar-refractivity contribution in [3.8, 4) is 11.5 Å². The minimum absolute atomic E-state index is 0.103. The van der Waals surface area contributed by atoms with Crippen LogP contribution in [-0.4, -0.2) is 93.1 Å². The fourth-order valence-corrected chi connectivity index (χ4v) is 4.66. The Morgan fingerprint density at radius 1 is 1.03 bits per heavy atom. The molecule has 198 valence electrons. The number of rotatable bonds is 9. The third-order valence-electron chi connectivity index (χ3n) is 6.63. The summed E-state index contributed by atoms with van der Waals surface area (Å²) in [5.41, 5.74) is 1.70. The number of amides is 3. The van der Waals surface area contributed by atoms with Gasteiger partial charge in [0.25, 0.3) is 0 Å². The lowest BCUT2D eigenvalue weighted by Gasteiger charge is -2.39. The zero-order valence-electron chi connectivity index (χ0n) is 21.4. The first-order chi connectivity index (χ1) is 18.0. The molecule has 10 heteroatoms. The van der Waals surface area contributed by atoms with Crippen molar-refractivity contribution in [1.82, 2.24) is 15.1 Å². The maximum atomic E-state index is 13.2. The number of methoxy groups -OCH3 is 1. The second kappa shape index (κ2) is 12.4. The van der Waals surface area contributed by atoms with Crippen molar-refractivity contribution >= 4 is 29.1 Å². The summed E-state index contributed by atoms with van der Waals surface area (Å²) in [6.07, 6.45) is -0.103. The van der Waals surface area contributed by atoms with Gasteiger partial charge in [-0.15, -0.1) is 0 Å².